The molecule has 0 atom stereocenters. The van der Waals surface area contributed by atoms with Gasteiger partial charge < -0.3 is 0 Å². The lowest BCUT2D eigenvalue weighted by molar-refractivity contribution is 0.0870. The van der Waals surface area contributed by atoms with Gasteiger partial charge in [0.05, 0.1) is 6.20 Å². The van der Waals surface area contributed by atoms with Gasteiger partial charge in [0.2, 0.25) is 5.91 Å². The lowest BCUT2D eigenvalue weighted by Crippen LogP contribution is -2.12. The van der Waals surface area contributed by atoms with Crippen molar-refractivity contribution in [3.05, 3.63) is 42.0 Å². The average Bonchev–Trinajstić information content (AvgIpc) is 3.07. The third-order valence-electron chi connectivity index (χ3n) is 3.23. The van der Waals surface area contributed by atoms with Crippen LogP contribution >= 0.6 is 0 Å². The molecule has 1 aromatic carbocycles. The first-order valence-corrected chi connectivity index (χ1v) is 6.00. The number of carbonyl (C=O) groups excluding carboxylic acids is 1. The van der Waals surface area contributed by atoms with Crippen molar-refractivity contribution in [1.29, 1.82) is 0 Å². The van der Waals surface area contributed by atoms with Crippen molar-refractivity contribution < 1.29 is 9.18 Å². The first kappa shape index (κ1) is 11.1. The molecular formula is C14H13FN2O. The number of rotatable bonds is 2. The zero-order valence-corrected chi connectivity index (χ0v) is 10.1. The summed E-state index contributed by atoms with van der Waals surface area (Å²) in [6.45, 7) is 1.85. The number of hydrogen-bond acceptors (Lipinski definition) is 2. The van der Waals surface area contributed by atoms with E-state index in [1.165, 1.54) is 16.8 Å². The number of carbonyl (C=O) groups is 1. The Morgan fingerprint density at radius 2 is 2.22 bits per heavy atom. The first-order valence-electron chi connectivity index (χ1n) is 6.00. The van der Waals surface area contributed by atoms with Crippen LogP contribution in [-0.2, 0) is 0 Å². The van der Waals surface area contributed by atoms with E-state index in [4.69, 9.17) is 0 Å². The number of benzene rings is 1. The van der Waals surface area contributed by atoms with Crippen LogP contribution < -0.4 is 0 Å². The Kier molecular flexibility index (Phi) is 2.51. The highest BCUT2D eigenvalue weighted by Crippen LogP contribution is 2.31. The van der Waals surface area contributed by atoms with E-state index in [1.807, 2.05) is 6.92 Å². The lowest BCUT2D eigenvalue weighted by atomic mass is 10.0. The van der Waals surface area contributed by atoms with Crippen molar-refractivity contribution in [2.75, 3.05) is 0 Å². The molecule has 3 rings (SSSR count). The molecule has 0 saturated heterocycles. The molecule has 1 fully saturated rings. The Balaban J connectivity index is 1.94. The molecule has 0 amide bonds. The van der Waals surface area contributed by atoms with Crippen molar-refractivity contribution in [3.8, 4) is 11.1 Å². The predicted molar refractivity (Wildman–Crippen MR) is 65.7 cm³/mol. The number of hydrogen-bond donors (Lipinski definition) is 0. The molecule has 0 spiro atoms. The quantitative estimate of drug-likeness (QED) is 0.813. The van der Waals surface area contributed by atoms with Crippen LogP contribution in [0.4, 0.5) is 4.39 Å². The zero-order chi connectivity index (χ0) is 12.7. The largest absolute Gasteiger partial charge is 0.272 e. The maximum atomic E-state index is 13.0. The van der Waals surface area contributed by atoms with Crippen LogP contribution in [0.3, 0.4) is 0 Å². The minimum absolute atomic E-state index is 0.0565. The van der Waals surface area contributed by atoms with Gasteiger partial charge in [0.1, 0.15) is 5.82 Å². The number of aryl methyl sites for hydroxylation is 1. The summed E-state index contributed by atoms with van der Waals surface area (Å²) in [5, 5.41) is 4.09. The SMILES string of the molecule is Cc1cc(F)ccc1-c1cnn(C(=O)C2CC2)c1. The van der Waals surface area contributed by atoms with Gasteiger partial charge in [0, 0.05) is 17.7 Å². The Morgan fingerprint density at radius 3 is 2.89 bits per heavy atom. The monoisotopic (exact) mass is 244 g/mol. The van der Waals surface area contributed by atoms with Crippen molar-refractivity contribution >= 4 is 5.91 Å². The third kappa shape index (κ3) is 1.94. The molecule has 0 aliphatic heterocycles. The van der Waals surface area contributed by atoms with Crippen molar-refractivity contribution in [3.63, 3.8) is 0 Å². The molecule has 1 aromatic heterocycles. The molecule has 3 nitrogen and oxygen atoms in total. The summed E-state index contributed by atoms with van der Waals surface area (Å²) < 4.78 is 14.4. The van der Waals surface area contributed by atoms with E-state index in [-0.39, 0.29) is 17.6 Å². The van der Waals surface area contributed by atoms with Crippen LogP contribution in [0.1, 0.15) is 23.2 Å². The normalized spacial score (nSPS) is 14.8. The van der Waals surface area contributed by atoms with E-state index in [1.54, 1.807) is 18.5 Å². The van der Waals surface area contributed by atoms with Crippen LogP contribution in [0.2, 0.25) is 0 Å². The number of aromatic nitrogens is 2. The number of halogens is 1. The Hall–Kier alpha value is -1.97. The summed E-state index contributed by atoms with van der Waals surface area (Å²) in [7, 11) is 0. The Morgan fingerprint density at radius 1 is 1.44 bits per heavy atom. The molecular weight excluding hydrogens is 231 g/mol. The maximum absolute atomic E-state index is 13.0. The summed E-state index contributed by atoms with van der Waals surface area (Å²) >= 11 is 0. The molecule has 2 aromatic rings. The maximum Gasteiger partial charge on any atom is 0.249 e. The van der Waals surface area contributed by atoms with Crippen LogP contribution in [-0.4, -0.2) is 15.7 Å². The molecule has 0 bridgehead atoms. The fourth-order valence-electron chi connectivity index (χ4n) is 2.05. The first-order chi connectivity index (χ1) is 8.65. The lowest BCUT2D eigenvalue weighted by Gasteiger charge is -2.02. The van der Waals surface area contributed by atoms with E-state index in [0.717, 1.165) is 29.5 Å². The molecule has 0 N–H and O–H groups in total. The summed E-state index contributed by atoms with van der Waals surface area (Å²) in [5.74, 6) is -0.0502. The van der Waals surface area contributed by atoms with Gasteiger partial charge in [0.15, 0.2) is 0 Å². The average molecular weight is 244 g/mol. The molecule has 1 heterocycles. The fraction of sp³-hybridized carbons (Fsp3) is 0.286. The summed E-state index contributed by atoms with van der Waals surface area (Å²) in [6, 6.07) is 4.62. The highest BCUT2D eigenvalue weighted by Gasteiger charge is 2.31. The predicted octanol–water partition coefficient (Wildman–Crippen LogP) is 3.05. The summed E-state index contributed by atoms with van der Waals surface area (Å²) in [5.41, 5.74) is 2.60. The highest BCUT2D eigenvalue weighted by molar-refractivity contribution is 5.83. The number of nitrogens with zero attached hydrogens (tertiary/aromatic N) is 2. The topological polar surface area (TPSA) is 34.9 Å². The molecule has 0 radical (unpaired) electrons. The Labute approximate surface area is 104 Å². The summed E-state index contributed by atoms with van der Waals surface area (Å²) in [4.78, 5) is 11.8. The van der Waals surface area contributed by atoms with Gasteiger partial charge in [-0.1, -0.05) is 6.07 Å². The summed E-state index contributed by atoms with van der Waals surface area (Å²) in [6.07, 6.45) is 5.30. The van der Waals surface area contributed by atoms with Crippen molar-refractivity contribution in [2.24, 2.45) is 5.92 Å². The van der Waals surface area contributed by atoms with Gasteiger partial charge in [0.25, 0.3) is 0 Å². The zero-order valence-electron chi connectivity index (χ0n) is 10.1. The smallest absolute Gasteiger partial charge is 0.249 e. The van der Waals surface area contributed by atoms with Crippen LogP contribution in [0.15, 0.2) is 30.6 Å². The van der Waals surface area contributed by atoms with Gasteiger partial charge in [-0.2, -0.15) is 5.10 Å². The van der Waals surface area contributed by atoms with Crippen molar-refractivity contribution in [2.45, 2.75) is 19.8 Å². The van der Waals surface area contributed by atoms with Crippen LogP contribution in [0.25, 0.3) is 11.1 Å². The van der Waals surface area contributed by atoms with E-state index >= 15 is 0 Å². The molecule has 1 aliphatic rings. The van der Waals surface area contributed by atoms with Crippen LogP contribution in [0.5, 0.6) is 0 Å². The second-order valence-corrected chi connectivity index (χ2v) is 4.75. The van der Waals surface area contributed by atoms with Gasteiger partial charge in [-0.3, -0.25) is 4.79 Å². The van der Waals surface area contributed by atoms with E-state index < -0.39 is 0 Å². The molecule has 4 heteroatoms. The van der Waals surface area contributed by atoms with E-state index in [0.29, 0.717) is 0 Å². The van der Waals surface area contributed by atoms with E-state index in [2.05, 4.69) is 5.10 Å². The molecule has 1 saturated carbocycles. The van der Waals surface area contributed by atoms with Gasteiger partial charge >= 0.3 is 0 Å². The van der Waals surface area contributed by atoms with Gasteiger partial charge in [-0.25, -0.2) is 9.07 Å². The minimum atomic E-state index is -0.252. The second-order valence-electron chi connectivity index (χ2n) is 4.75. The Bertz CT molecular complexity index is 614. The molecule has 0 unspecified atom stereocenters. The highest BCUT2D eigenvalue weighted by atomic mass is 19.1. The second kappa shape index (κ2) is 4.05. The molecule has 1 aliphatic carbocycles. The standard InChI is InChI=1S/C14H13FN2O/c1-9-6-12(15)4-5-13(9)11-7-16-17(8-11)14(18)10-2-3-10/h4-8,10H,2-3H2,1H3. The fourth-order valence-corrected chi connectivity index (χ4v) is 2.05. The minimum Gasteiger partial charge on any atom is -0.272 e. The van der Waals surface area contributed by atoms with Gasteiger partial charge in [-0.15, -0.1) is 0 Å². The molecule has 92 valence electrons. The van der Waals surface area contributed by atoms with E-state index in [9.17, 15) is 9.18 Å². The van der Waals surface area contributed by atoms with Gasteiger partial charge in [-0.05, 0) is 43.0 Å². The third-order valence-corrected chi connectivity index (χ3v) is 3.23. The van der Waals surface area contributed by atoms with Crippen LogP contribution in [0, 0.1) is 18.7 Å². The molecule has 18 heavy (non-hydrogen) atoms. The van der Waals surface area contributed by atoms with Crippen molar-refractivity contribution in [1.82, 2.24) is 9.78 Å².